The summed E-state index contributed by atoms with van der Waals surface area (Å²) in [6.07, 6.45) is 1.36. The third-order valence-electron chi connectivity index (χ3n) is 6.68. The highest BCUT2D eigenvalue weighted by atomic mass is 16.5. The van der Waals surface area contributed by atoms with Crippen molar-refractivity contribution in [2.75, 3.05) is 34.0 Å². The van der Waals surface area contributed by atoms with Gasteiger partial charge in [-0.1, -0.05) is 30.3 Å². The number of ether oxygens (including phenoxy) is 3. The van der Waals surface area contributed by atoms with Gasteiger partial charge in [0, 0.05) is 30.4 Å². The monoisotopic (exact) mass is 561 g/mol. The van der Waals surface area contributed by atoms with E-state index in [1.54, 1.807) is 43.5 Å². The predicted octanol–water partition coefficient (Wildman–Crippen LogP) is 4.31. The highest BCUT2D eigenvalue weighted by Crippen LogP contribution is 2.40. The quantitative estimate of drug-likeness (QED) is 0.154. The summed E-state index contributed by atoms with van der Waals surface area (Å²) in [5.74, 6) is 0.596. The topological polar surface area (TPSA) is 127 Å². The van der Waals surface area contributed by atoms with Gasteiger partial charge < -0.3 is 34.2 Å². The van der Waals surface area contributed by atoms with Crippen LogP contribution in [0.2, 0.25) is 0 Å². The van der Waals surface area contributed by atoms with Gasteiger partial charge in [0.05, 0.1) is 33.5 Å². The molecule has 3 aromatic carbocycles. The van der Waals surface area contributed by atoms with Gasteiger partial charge in [0.15, 0.2) is 11.3 Å². The Morgan fingerprint density at radius 1 is 0.951 bits per heavy atom. The maximum absolute atomic E-state index is 13.3. The first-order chi connectivity index (χ1) is 20.0. The summed E-state index contributed by atoms with van der Waals surface area (Å²) in [7, 11) is 3.08. The van der Waals surface area contributed by atoms with Crippen LogP contribution in [-0.4, -0.2) is 62.2 Å². The van der Waals surface area contributed by atoms with E-state index in [1.807, 2.05) is 30.3 Å². The molecule has 0 aliphatic heterocycles. The Bertz CT molecular complexity index is 1450. The molecule has 0 unspecified atom stereocenters. The summed E-state index contributed by atoms with van der Waals surface area (Å²) in [5.41, 5.74) is 3.04. The second kappa shape index (κ2) is 14.3. The number of hydrogen-bond donors (Lipinski definition) is 3. The second-order valence-electron chi connectivity index (χ2n) is 9.56. The van der Waals surface area contributed by atoms with E-state index in [4.69, 9.17) is 23.7 Å². The number of esters is 1. The number of fused-ring (bicyclic) bond motifs is 1. The SMILES string of the molecule is COc1ccc(-c2oc3c(OC)cc(CCC(=O)N[C@H](CO)Cc4ccccc4)cc3c2C(=O)OCCCO)cc1. The van der Waals surface area contributed by atoms with Crippen LogP contribution < -0.4 is 14.8 Å². The number of carbonyl (C=O) groups is 2. The molecule has 0 radical (unpaired) electrons. The molecule has 9 heteroatoms. The molecule has 4 aromatic rings. The van der Waals surface area contributed by atoms with Gasteiger partial charge in [-0.05, 0) is 60.4 Å². The number of rotatable bonds is 14. The molecule has 41 heavy (non-hydrogen) atoms. The molecule has 9 nitrogen and oxygen atoms in total. The summed E-state index contributed by atoms with van der Waals surface area (Å²) >= 11 is 0. The van der Waals surface area contributed by atoms with Crippen LogP contribution in [0.4, 0.5) is 0 Å². The van der Waals surface area contributed by atoms with E-state index in [2.05, 4.69) is 5.32 Å². The summed E-state index contributed by atoms with van der Waals surface area (Å²) in [4.78, 5) is 26.1. The van der Waals surface area contributed by atoms with Gasteiger partial charge in [0.2, 0.25) is 5.91 Å². The van der Waals surface area contributed by atoms with Gasteiger partial charge in [-0.15, -0.1) is 0 Å². The van der Waals surface area contributed by atoms with Crippen LogP contribution in [0.15, 0.2) is 71.1 Å². The lowest BCUT2D eigenvalue weighted by Gasteiger charge is -2.16. The Labute approximate surface area is 238 Å². The maximum atomic E-state index is 13.3. The third-order valence-corrected chi connectivity index (χ3v) is 6.68. The molecule has 1 atom stereocenters. The fourth-order valence-corrected chi connectivity index (χ4v) is 4.59. The van der Waals surface area contributed by atoms with Crippen molar-refractivity contribution < 1.29 is 38.4 Å². The van der Waals surface area contributed by atoms with Crippen LogP contribution in [-0.2, 0) is 22.4 Å². The smallest absolute Gasteiger partial charge is 0.342 e. The summed E-state index contributed by atoms with van der Waals surface area (Å²) < 4.78 is 22.5. The lowest BCUT2D eigenvalue weighted by Crippen LogP contribution is -2.39. The number of aryl methyl sites for hydroxylation is 1. The number of amides is 1. The zero-order valence-electron chi connectivity index (χ0n) is 23.2. The van der Waals surface area contributed by atoms with Gasteiger partial charge in [-0.25, -0.2) is 4.79 Å². The van der Waals surface area contributed by atoms with Gasteiger partial charge in [-0.2, -0.15) is 0 Å². The molecule has 3 N–H and O–H groups in total. The minimum Gasteiger partial charge on any atom is -0.497 e. The Kier molecular flexibility index (Phi) is 10.4. The average molecular weight is 562 g/mol. The van der Waals surface area contributed by atoms with Crippen LogP contribution in [0.1, 0.15) is 34.3 Å². The molecule has 0 aliphatic carbocycles. The highest BCUT2D eigenvalue weighted by molar-refractivity contribution is 6.10. The largest absolute Gasteiger partial charge is 0.497 e. The van der Waals surface area contributed by atoms with Crippen molar-refractivity contribution in [3.8, 4) is 22.8 Å². The van der Waals surface area contributed by atoms with E-state index in [-0.39, 0.29) is 37.7 Å². The lowest BCUT2D eigenvalue weighted by molar-refractivity contribution is -0.122. The summed E-state index contributed by atoms with van der Waals surface area (Å²) in [6, 6.07) is 19.9. The number of aliphatic hydroxyl groups is 2. The Hall–Kier alpha value is -4.34. The third kappa shape index (κ3) is 7.45. The molecule has 0 aliphatic rings. The number of benzene rings is 3. The van der Waals surface area contributed by atoms with Crippen LogP contribution in [0.3, 0.4) is 0 Å². The first kappa shape index (κ1) is 29.6. The number of aliphatic hydroxyl groups excluding tert-OH is 2. The first-order valence-corrected chi connectivity index (χ1v) is 13.5. The van der Waals surface area contributed by atoms with Crippen molar-refractivity contribution in [2.24, 2.45) is 0 Å². The lowest BCUT2D eigenvalue weighted by atomic mass is 10.0. The first-order valence-electron chi connectivity index (χ1n) is 13.5. The van der Waals surface area contributed by atoms with E-state index in [0.29, 0.717) is 53.1 Å². The van der Waals surface area contributed by atoms with Gasteiger partial charge >= 0.3 is 5.97 Å². The number of methoxy groups -OCH3 is 2. The Balaban J connectivity index is 1.60. The van der Waals surface area contributed by atoms with Crippen molar-refractivity contribution in [3.05, 3.63) is 83.4 Å². The molecule has 4 rings (SSSR count). The van der Waals surface area contributed by atoms with Crippen LogP contribution in [0.25, 0.3) is 22.3 Å². The van der Waals surface area contributed by atoms with Gasteiger partial charge in [0.25, 0.3) is 0 Å². The fourth-order valence-electron chi connectivity index (χ4n) is 4.59. The summed E-state index contributed by atoms with van der Waals surface area (Å²) in [5, 5.41) is 22.3. The average Bonchev–Trinajstić information content (AvgIpc) is 3.39. The predicted molar refractivity (Wildman–Crippen MR) is 154 cm³/mol. The number of furan rings is 1. The Morgan fingerprint density at radius 2 is 1.71 bits per heavy atom. The molecule has 0 spiro atoms. The zero-order valence-corrected chi connectivity index (χ0v) is 23.2. The molecule has 216 valence electrons. The maximum Gasteiger partial charge on any atom is 0.342 e. The molecule has 1 amide bonds. The van der Waals surface area contributed by atoms with Gasteiger partial charge in [0.1, 0.15) is 17.1 Å². The molecule has 0 saturated carbocycles. The number of nitrogens with one attached hydrogen (secondary N) is 1. The minimum atomic E-state index is -0.591. The molecule has 0 bridgehead atoms. The standard InChI is InChI=1S/C32H35NO8/c1-38-25-12-10-23(11-13-25)30-29(32(37)40-16-6-15-34)26-18-22(19-27(39-2)31(26)41-30)9-14-28(36)33-24(20-35)17-21-7-4-3-5-8-21/h3-5,7-8,10-13,18-19,24,34-35H,6,9,14-17,20H2,1-2H3,(H,33,36)/t24-/m0/s1. The number of hydrogen-bond acceptors (Lipinski definition) is 8. The molecular formula is C32H35NO8. The molecule has 0 saturated heterocycles. The highest BCUT2D eigenvalue weighted by Gasteiger charge is 2.26. The zero-order chi connectivity index (χ0) is 29.2. The van der Waals surface area contributed by atoms with Crippen molar-refractivity contribution >= 4 is 22.8 Å². The van der Waals surface area contributed by atoms with E-state index >= 15 is 0 Å². The molecule has 1 heterocycles. The Morgan fingerprint density at radius 3 is 2.37 bits per heavy atom. The van der Waals surface area contributed by atoms with Crippen LogP contribution in [0, 0.1) is 0 Å². The second-order valence-corrected chi connectivity index (χ2v) is 9.56. The van der Waals surface area contributed by atoms with E-state index in [9.17, 15) is 14.7 Å². The van der Waals surface area contributed by atoms with Crippen molar-refractivity contribution in [2.45, 2.75) is 31.7 Å². The molecular weight excluding hydrogens is 526 g/mol. The van der Waals surface area contributed by atoms with Crippen molar-refractivity contribution in [3.63, 3.8) is 0 Å². The van der Waals surface area contributed by atoms with Crippen molar-refractivity contribution in [1.82, 2.24) is 5.32 Å². The molecule has 1 aromatic heterocycles. The molecule has 0 fully saturated rings. The van der Waals surface area contributed by atoms with Crippen LogP contribution in [0.5, 0.6) is 11.5 Å². The van der Waals surface area contributed by atoms with E-state index in [0.717, 1.165) is 11.1 Å². The number of carbonyl (C=O) groups excluding carboxylic acids is 2. The fraction of sp³-hybridized carbons (Fsp3) is 0.312. The normalized spacial score (nSPS) is 11.7. The van der Waals surface area contributed by atoms with Crippen molar-refractivity contribution in [1.29, 1.82) is 0 Å². The van der Waals surface area contributed by atoms with Crippen LogP contribution >= 0.6 is 0 Å². The van der Waals surface area contributed by atoms with E-state index in [1.165, 1.54) is 7.11 Å². The summed E-state index contributed by atoms with van der Waals surface area (Å²) in [6.45, 7) is -0.228. The van der Waals surface area contributed by atoms with Gasteiger partial charge in [-0.3, -0.25) is 4.79 Å². The van der Waals surface area contributed by atoms with E-state index < -0.39 is 12.0 Å². The minimum absolute atomic E-state index is 0.0516.